The second-order valence-electron chi connectivity index (χ2n) is 11.2. The minimum Gasteiger partial charge on any atom is -0.497 e. The van der Waals surface area contributed by atoms with E-state index < -0.39 is 0 Å². The van der Waals surface area contributed by atoms with Crippen LogP contribution in [-0.2, 0) is 6.42 Å². The number of carbonyl (C=O) groups excluding carboxylic acids is 1. The first kappa shape index (κ1) is 31.2. The number of hydrogen-bond acceptors (Lipinski definition) is 6. The maximum absolute atomic E-state index is 12.5. The van der Waals surface area contributed by atoms with Gasteiger partial charge >= 0.3 is 0 Å². The third kappa shape index (κ3) is 10.6. The lowest BCUT2D eigenvalue weighted by Gasteiger charge is -2.26. The number of nitrogens with one attached hydrogen (secondary N) is 1. The fraction of sp³-hybridized carbons (Fsp3) is 0.417. The van der Waals surface area contributed by atoms with Crippen molar-refractivity contribution in [1.29, 1.82) is 0 Å². The average Bonchev–Trinajstić information content (AvgIpc) is 3.52. The molecule has 1 aliphatic rings. The molecule has 6 nitrogen and oxygen atoms in total. The Balaban J connectivity index is 1.19. The van der Waals surface area contributed by atoms with E-state index in [2.05, 4.69) is 35.9 Å². The highest BCUT2D eigenvalue weighted by molar-refractivity contribution is 5.96. The summed E-state index contributed by atoms with van der Waals surface area (Å²) in [6, 6.07) is 24.1. The van der Waals surface area contributed by atoms with Crippen molar-refractivity contribution in [2.75, 3.05) is 40.0 Å². The minimum absolute atomic E-state index is 0.175. The highest BCUT2D eigenvalue weighted by Gasteiger charge is 2.18. The van der Waals surface area contributed by atoms with Crippen LogP contribution in [0.25, 0.3) is 0 Å². The van der Waals surface area contributed by atoms with Crippen molar-refractivity contribution >= 4 is 5.78 Å². The van der Waals surface area contributed by atoms with Crippen LogP contribution in [-0.4, -0.2) is 56.7 Å². The average molecular weight is 571 g/mol. The van der Waals surface area contributed by atoms with E-state index in [1.54, 1.807) is 7.11 Å². The van der Waals surface area contributed by atoms with Crippen LogP contribution in [0.3, 0.4) is 0 Å². The van der Waals surface area contributed by atoms with E-state index >= 15 is 0 Å². The van der Waals surface area contributed by atoms with E-state index in [-0.39, 0.29) is 11.8 Å². The molecule has 0 aromatic heterocycles. The Bertz CT molecular complexity index is 1230. The van der Waals surface area contributed by atoms with Crippen LogP contribution in [0, 0.1) is 6.92 Å². The van der Waals surface area contributed by atoms with Crippen LogP contribution < -0.4 is 19.5 Å². The van der Waals surface area contributed by atoms with E-state index in [0.29, 0.717) is 19.6 Å². The van der Waals surface area contributed by atoms with Gasteiger partial charge in [0.15, 0.2) is 5.78 Å². The lowest BCUT2D eigenvalue weighted by atomic mass is 10.0. The molecular weight excluding hydrogens is 524 g/mol. The molecule has 1 aliphatic heterocycles. The molecule has 0 radical (unpaired) electrons. The van der Waals surface area contributed by atoms with Crippen LogP contribution in [0.4, 0.5) is 0 Å². The molecule has 0 bridgehead atoms. The molecule has 1 atom stereocenters. The number of benzene rings is 3. The summed E-state index contributed by atoms with van der Waals surface area (Å²) in [6.07, 6.45) is 6.66. The Labute approximate surface area is 251 Å². The summed E-state index contributed by atoms with van der Waals surface area (Å²) in [4.78, 5) is 15.1. The second kappa shape index (κ2) is 16.6. The van der Waals surface area contributed by atoms with Gasteiger partial charge < -0.3 is 24.4 Å². The topological polar surface area (TPSA) is 60.0 Å². The molecule has 3 aromatic carbocycles. The van der Waals surface area contributed by atoms with E-state index in [1.807, 2.05) is 60.7 Å². The first-order valence-electron chi connectivity index (χ1n) is 15.2. The molecule has 0 amide bonds. The maximum atomic E-state index is 12.5. The zero-order valence-corrected chi connectivity index (χ0v) is 25.3. The Morgan fingerprint density at radius 3 is 2.02 bits per heavy atom. The lowest BCUT2D eigenvalue weighted by molar-refractivity contribution is 0.0979. The molecule has 224 valence electrons. The standard InChI is InChI=1S/C36H46N2O4/c1-28-10-16-34(17-11-28)41-24-25-42-35-18-12-30(13-19-35)26-32(27-38-22-6-7-23-38)37-29(2)8-4-5-9-36(39)31-14-20-33(40-3)21-15-31/h10-21,32,37H,2,4-9,22-27H2,1,3H3. The number of ketones is 1. The summed E-state index contributed by atoms with van der Waals surface area (Å²) in [5.41, 5.74) is 4.28. The molecular formula is C36H46N2O4. The molecule has 1 saturated heterocycles. The molecule has 1 fully saturated rings. The summed E-state index contributed by atoms with van der Waals surface area (Å²) in [5.74, 6) is 2.65. The Morgan fingerprint density at radius 2 is 1.40 bits per heavy atom. The lowest BCUT2D eigenvalue weighted by Crippen LogP contribution is -2.41. The van der Waals surface area contributed by atoms with Gasteiger partial charge in [-0.25, -0.2) is 0 Å². The molecule has 3 aromatic rings. The van der Waals surface area contributed by atoms with Crippen LogP contribution in [0.15, 0.2) is 85.1 Å². The number of likely N-dealkylation sites (tertiary alicyclic amines) is 1. The van der Waals surface area contributed by atoms with E-state index in [4.69, 9.17) is 14.2 Å². The molecule has 1 heterocycles. The maximum Gasteiger partial charge on any atom is 0.162 e. The van der Waals surface area contributed by atoms with Gasteiger partial charge in [0.05, 0.1) is 7.11 Å². The fourth-order valence-electron chi connectivity index (χ4n) is 5.30. The number of rotatable bonds is 18. The van der Waals surface area contributed by atoms with Gasteiger partial charge in [-0.05, 0) is 113 Å². The summed E-state index contributed by atoms with van der Waals surface area (Å²) in [6.45, 7) is 10.7. The molecule has 0 saturated carbocycles. The first-order chi connectivity index (χ1) is 20.5. The van der Waals surface area contributed by atoms with Gasteiger partial charge in [0.2, 0.25) is 0 Å². The second-order valence-corrected chi connectivity index (χ2v) is 11.2. The van der Waals surface area contributed by atoms with Gasteiger partial charge in [0, 0.05) is 30.3 Å². The summed E-state index contributed by atoms with van der Waals surface area (Å²) >= 11 is 0. The smallest absolute Gasteiger partial charge is 0.162 e. The predicted octanol–water partition coefficient (Wildman–Crippen LogP) is 7.01. The van der Waals surface area contributed by atoms with Crippen molar-refractivity contribution < 1.29 is 19.0 Å². The Kier molecular flexibility index (Phi) is 12.3. The van der Waals surface area contributed by atoms with Crippen molar-refractivity contribution in [3.63, 3.8) is 0 Å². The van der Waals surface area contributed by atoms with Crippen molar-refractivity contribution in [1.82, 2.24) is 10.2 Å². The number of ether oxygens (including phenoxy) is 3. The number of hydrogen-bond donors (Lipinski definition) is 1. The quantitative estimate of drug-likeness (QED) is 0.131. The molecule has 6 heteroatoms. The van der Waals surface area contributed by atoms with Gasteiger partial charge in [-0.1, -0.05) is 36.4 Å². The van der Waals surface area contributed by atoms with Gasteiger partial charge in [-0.3, -0.25) is 4.79 Å². The number of methoxy groups -OCH3 is 1. The number of carbonyl (C=O) groups is 1. The summed E-state index contributed by atoms with van der Waals surface area (Å²) in [5, 5.41) is 3.72. The van der Waals surface area contributed by atoms with E-state index in [0.717, 1.165) is 73.8 Å². The fourth-order valence-corrected chi connectivity index (χ4v) is 5.30. The summed E-state index contributed by atoms with van der Waals surface area (Å²) < 4.78 is 16.9. The van der Waals surface area contributed by atoms with Crippen LogP contribution in [0.2, 0.25) is 0 Å². The van der Waals surface area contributed by atoms with Crippen LogP contribution in [0.5, 0.6) is 17.2 Å². The Hall–Kier alpha value is -3.77. The van der Waals surface area contributed by atoms with Gasteiger partial charge in [0.1, 0.15) is 30.5 Å². The predicted molar refractivity (Wildman–Crippen MR) is 170 cm³/mol. The molecule has 4 rings (SSSR count). The third-order valence-corrected chi connectivity index (χ3v) is 7.68. The van der Waals surface area contributed by atoms with E-state index in [9.17, 15) is 4.79 Å². The SMILES string of the molecule is C=C(CCCCC(=O)c1ccc(OC)cc1)NC(Cc1ccc(OCCOc2ccc(C)cc2)cc1)CN1CCCC1. The Morgan fingerprint density at radius 1 is 0.833 bits per heavy atom. The first-order valence-corrected chi connectivity index (χ1v) is 15.2. The molecule has 1 unspecified atom stereocenters. The third-order valence-electron chi connectivity index (χ3n) is 7.68. The van der Waals surface area contributed by atoms with Crippen molar-refractivity contribution in [3.8, 4) is 17.2 Å². The molecule has 0 aliphatic carbocycles. The number of allylic oxidation sites excluding steroid dienone is 1. The molecule has 0 spiro atoms. The minimum atomic E-state index is 0.175. The molecule has 1 N–H and O–H groups in total. The zero-order chi connectivity index (χ0) is 29.6. The normalized spacial score (nSPS) is 13.9. The van der Waals surface area contributed by atoms with Crippen LogP contribution in [0.1, 0.15) is 60.0 Å². The highest BCUT2D eigenvalue weighted by Crippen LogP contribution is 2.18. The van der Waals surface area contributed by atoms with Crippen molar-refractivity contribution in [2.45, 2.75) is 57.9 Å². The largest absolute Gasteiger partial charge is 0.497 e. The van der Waals surface area contributed by atoms with Gasteiger partial charge in [-0.15, -0.1) is 0 Å². The van der Waals surface area contributed by atoms with Crippen molar-refractivity contribution in [2.24, 2.45) is 0 Å². The van der Waals surface area contributed by atoms with Gasteiger partial charge in [0.25, 0.3) is 0 Å². The monoisotopic (exact) mass is 570 g/mol. The van der Waals surface area contributed by atoms with Crippen LogP contribution >= 0.6 is 0 Å². The number of unbranched alkanes of at least 4 members (excludes halogenated alkanes) is 1. The number of Topliss-reactive ketones (excluding diaryl/α,β-unsaturated/α-hetero) is 1. The summed E-state index contributed by atoms with van der Waals surface area (Å²) in [7, 11) is 1.63. The van der Waals surface area contributed by atoms with Crippen molar-refractivity contribution in [3.05, 3.63) is 102 Å². The number of nitrogens with zero attached hydrogens (tertiary/aromatic N) is 1. The zero-order valence-electron chi connectivity index (χ0n) is 25.3. The van der Waals surface area contributed by atoms with E-state index in [1.165, 1.54) is 24.0 Å². The van der Waals surface area contributed by atoms with Gasteiger partial charge in [-0.2, -0.15) is 0 Å². The molecule has 42 heavy (non-hydrogen) atoms. The number of aryl methyl sites for hydroxylation is 1. The highest BCUT2D eigenvalue weighted by atomic mass is 16.5.